The van der Waals surface area contributed by atoms with E-state index in [9.17, 15) is 9.59 Å². The quantitative estimate of drug-likeness (QED) is 0.655. The van der Waals surface area contributed by atoms with Crippen LogP contribution in [0.4, 0.5) is 0 Å². The van der Waals surface area contributed by atoms with E-state index in [2.05, 4.69) is 28.6 Å². The summed E-state index contributed by atoms with van der Waals surface area (Å²) in [7, 11) is 0. The summed E-state index contributed by atoms with van der Waals surface area (Å²) >= 11 is 0. The third kappa shape index (κ3) is 4.06. The van der Waals surface area contributed by atoms with Crippen LogP contribution in [0, 0.1) is 13.8 Å². The standard InChI is InChI=1S/C25H27N3O2/c1-18-7-3-4-8-21(18)16-22-24(25(30)27-13-5-6-14-27)23(29)15-19(2)28(22)17-20-9-11-26-12-10-20/h3-4,7-12,15H,5-6,13-14,16-17H2,1-2H3. The summed E-state index contributed by atoms with van der Waals surface area (Å²) in [5.74, 6) is -0.135. The molecule has 0 spiro atoms. The molecule has 154 valence electrons. The average Bonchev–Trinajstić information content (AvgIpc) is 3.28. The van der Waals surface area contributed by atoms with Crippen LogP contribution in [0.25, 0.3) is 0 Å². The number of rotatable bonds is 5. The predicted molar refractivity (Wildman–Crippen MR) is 118 cm³/mol. The number of carbonyl (C=O) groups excluding carboxylic acids is 1. The van der Waals surface area contributed by atoms with Crippen molar-refractivity contribution in [2.45, 2.75) is 39.7 Å². The second-order valence-corrected chi connectivity index (χ2v) is 8.02. The highest BCUT2D eigenvalue weighted by Crippen LogP contribution is 2.21. The zero-order chi connectivity index (χ0) is 21.1. The first-order chi connectivity index (χ1) is 14.5. The van der Waals surface area contributed by atoms with Gasteiger partial charge in [-0.25, -0.2) is 0 Å². The van der Waals surface area contributed by atoms with Crippen molar-refractivity contribution in [2.75, 3.05) is 13.1 Å². The number of aromatic nitrogens is 2. The van der Waals surface area contributed by atoms with Gasteiger partial charge in [-0.1, -0.05) is 24.3 Å². The molecule has 0 atom stereocenters. The fraction of sp³-hybridized carbons (Fsp3) is 0.320. The lowest BCUT2D eigenvalue weighted by Crippen LogP contribution is -2.35. The number of likely N-dealkylation sites (tertiary alicyclic amines) is 1. The third-order valence-electron chi connectivity index (χ3n) is 5.94. The third-order valence-corrected chi connectivity index (χ3v) is 5.94. The normalized spacial score (nSPS) is 13.6. The molecule has 2 aromatic heterocycles. The molecular weight excluding hydrogens is 374 g/mol. The molecule has 1 fully saturated rings. The molecule has 0 N–H and O–H groups in total. The molecule has 1 aliphatic heterocycles. The van der Waals surface area contributed by atoms with Gasteiger partial charge in [-0.2, -0.15) is 0 Å². The highest BCUT2D eigenvalue weighted by molar-refractivity contribution is 5.95. The summed E-state index contributed by atoms with van der Waals surface area (Å²) in [5, 5.41) is 0. The zero-order valence-electron chi connectivity index (χ0n) is 17.6. The van der Waals surface area contributed by atoms with Gasteiger partial charge in [-0.3, -0.25) is 14.6 Å². The van der Waals surface area contributed by atoms with E-state index < -0.39 is 0 Å². The van der Waals surface area contributed by atoms with Crippen LogP contribution in [0.3, 0.4) is 0 Å². The number of aryl methyl sites for hydroxylation is 2. The van der Waals surface area contributed by atoms with Gasteiger partial charge in [0.2, 0.25) is 0 Å². The molecular formula is C25H27N3O2. The predicted octanol–water partition coefficient (Wildman–Crippen LogP) is 3.74. The molecule has 1 aliphatic rings. The Morgan fingerprint density at radius 2 is 1.73 bits per heavy atom. The van der Waals surface area contributed by atoms with E-state index in [-0.39, 0.29) is 11.3 Å². The smallest absolute Gasteiger partial charge is 0.259 e. The monoisotopic (exact) mass is 401 g/mol. The van der Waals surface area contributed by atoms with E-state index in [1.54, 1.807) is 18.5 Å². The molecule has 0 bridgehead atoms. The highest BCUT2D eigenvalue weighted by Gasteiger charge is 2.27. The van der Waals surface area contributed by atoms with Crippen LogP contribution in [0.2, 0.25) is 0 Å². The molecule has 0 saturated carbocycles. The Balaban J connectivity index is 1.87. The maximum Gasteiger partial charge on any atom is 0.259 e. The highest BCUT2D eigenvalue weighted by atomic mass is 16.2. The van der Waals surface area contributed by atoms with Gasteiger partial charge in [-0.15, -0.1) is 0 Å². The van der Waals surface area contributed by atoms with Crippen LogP contribution in [0.5, 0.6) is 0 Å². The summed E-state index contributed by atoms with van der Waals surface area (Å²) in [6, 6.07) is 13.7. The van der Waals surface area contributed by atoms with E-state index >= 15 is 0 Å². The molecule has 30 heavy (non-hydrogen) atoms. The Morgan fingerprint density at radius 3 is 2.43 bits per heavy atom. The van der Waals surface area contributed by atoms with E-state index in [4.69, 9.17) is 0 Å². The Bertz CT molecular complexity index is 1110. The van der Waals surface area contributed by atoms with E-state index in [0.717, 1.165) is 54.0 Å². The van der Waals surface area contributed by atoms with E-state index in [1.807, 2.05) is 36.1 Å². The molecule has 5 nitrogen and oxygen atoms in total. The number of pyridine rings is 2. The summed E-state index contributed by atoms with van der Waals surface area (Å²) in [5.41, 5.74) is 5.16. The van der Waals surface area contributed by atoms with Gasteiger partial charge in [0.05, 0.1) is 0 Å². The van der Waals surface area contributed by atoms with Crippen LogP contribution in [0.15, 0.2) is 59.7 Å². The van der Waals surface area contributed by atoms with Crippen molar-refractivity contribution in [3.63, 3.8) is 0 Å². The van der Waals surface area contributed by atoms with Crippen molar-refractivity contribution < 1.29 is 4.79 Å². The van der Waals surface area contributed by atoms with Crippen molar-refractivity contribution in [3.05, 3.63) is 98.7 Å². The summed E-state index contributed by atoms with van der Waals surface area (Å²) in [4.78, 5) is 32.4. The fourth-order valence-corrected chi connectivity index (χ4v) is 4.20. The number of benzene rings is 1. The van der Waals surface area contributed by atoms with E-state index in [1.165, 1.54) is 0 Å². The van der Waals surface area contributed by atoms with Crippen LogP contribution in [0.1, 0.15) is 51.3 Å². The van der Waals surface area contributed by atoms with Crippen LogP contribution < -0.4 is 5.43 Å². The SMILES string of the molecule is Cc1ccccc1Cc1c(C(=O)N2CCCC2)c(=O)cc(C)n1Cc1ccncc1. The van der Waals surface area contributed by atoms with Gasteiger partial charge in [-0.05, 0) is 55.5 Å². The fourth-order valence-electron chi connectivity index (χ4n) is 4.20. The second-order valence-electron chi connectivity index (χ2n) is 8.02. The Morgan fingerprint density at radius 1 is 1.03 bits per heavy atom. The van der Waals surface area contributed by atoms with Gasteiger partial charge in [0, 0.05) is 55.9 Å². The van der Waals surface area contributed by atoms with Crippen LogP contribution >= 0.6 is 0 Å². The summed E-state index contributed by atoms with van der Waals surface area (Å²) < 4.78 is 2.12. The minimum Gasteiger partial charge on any atom is -0.343 e. The molecule has 1 aromatic carbocycles. The minimum atomic E-state index is -0.182. The van der Waals surface area contributed by atoms with Gasteiger partial charge >= 0.3 is 0 Å². The number of nitrogens with zero attached hydrogens (tertiary/aromatic N) is 3. The lowest BCUT2D eigenvalue weighted by atomic mass is 9.98. The molecule has 0 radical (unpaired) electrons. The lowest BCUT2D eigenvalue weighted by Gasteiger charge is -2.23. The molecule has 0 aliphatic carbocycles. The minimum absolute atomic E-state index is 0.135. The summed E-state index contributed by atoms with van der Waals surface area (Å²) in [6.45, 7) is 6.04. The topological polar surface area (TPSA) is 55.2 Å². The Kier molecular flexibility index (Phi) is 5.79. The Labute approximate surface area is 177 Å². The molecule has 4 rings (SSSR count). The first-order valence-electron chi connectivity index (χ1n) is 10.5. The van der Waals surface area contributed by atoms with Crippen molar-refractivity contribution in [2.24, 2.45) is 0 Å². The van der Waals surface area contributed by atoms with Gasteiger partial charge < -0.3 is 9.47 Å². The van der Waals surface area contributed by atoms with Crippen molar-refractivity contribution in [3.8, 4) is 0 Å². The van der Waals surface area contributed by atoms with Crippen molar-refractivity contribution in [1.82, 2.24) is 14.5 Å². The van der Waals surface area contributed by atoms with Gasteiger partial charge in [0.1, 0.15) is 5.56 Å². The molecule has 3 heterocycles. The van der Waals surface area contributed by atoms with Gasteiger partial charge in [0.15, 0.2) is 5.43 Å². The zero-order valence-corrected chi connectivity index (χ0v) is 17.6. The molecule has 5 heteroatoms. The van der Waals surface area contributed by atoms with Crippen molar-refractivity contribution >= 4 is 5.91 Å². The number of amides is 1. The molecule has 1 amide bonds. The maximum absolute atomic E-state index is 13.4. The molecule has 1 saturated heterocycles. The van der Waals surface area contributed by atoms with Crippen molar-refractivity contribution in [1.29, 1.82) is 0 Å². The number of hydrogen-bond acceptors (Lipinski definition) is 3. The second kappa shape index (κ2) is 8.66. The summed E-state index contributed by atoms with van der Waals surface area (Å²) in [6.07, 6.45) is 6.07. The average molecular weight is 402 g/mol. The first kappa shape index (κ1) is 20.1. The molecule has 3 aromatic rings. The maximum atomic E-state index is 13.4. The van der Waals surface area contributed by atoms with Crippen LogP contribution in [-0.4, -0.2) is 33.4 Å². The Hall–Kier alpha value is -3.21. The lowest BCUT2D eigenvalue weighted by molar-refractivity contribution is 0.0789. The van der Waals surface area contributed by atoms with Crippen LogP contribution in [-0.2, 0) is 13.0 Å². The van der Waals surface area contributed by atoms with Gasteiger partial charge in [0.25, 0.3) is 5.91 Å². The van der Waals surface area contributed by atoms with E-state index in [0.29, 0.717) is 18.5 Å². The number of hydrogen-bond donors (Lipinski definition) is 0. The molecule has 0 unspecified atom stereocenters. The largest absolute Gasteiger partial charge is 0.343 e. The number of carbonyl (C=O) groups is 1. The first-order valence-corrected chi connectivity index (χ1v) is 10.5.